The van der Waals surface area contributed by atoms with Crippen LogP contribution in [-0.2, 0) is 0 Å². The lowest BCUT2D eigenvalue weighted by Crippen LogP contribution is -2.31. The number of nitrogens with zero attached hydrogens (tertiary/aromatic N) is 4. The predicted molar refractivity (Wildman–Crippen MR) is 77.2 cm³/mol. The van der Waals surface area contributed by atoms with Gasteiger partial charge in [-0.3, -0.25) is 0 Å². The molecule has 2 aromatic rings. The summed E-state index contributed by atoms with van der Waals surface area (Å²) in [6.07, 6.45) is 5.36. The molecule has 5 nitrogen and oxygen atoms in total. The SMILES string of the molecule is CN1CCC(BC(=O)c2nc3cncnc3s2)CC1. The lowest BCUT2D eigenvalue weighted by molar-refractivity contribution is 0.107. The second-order valence-corrected chi connectivity index (χ2v) is 6.08. The first-order chi connectivity index (χ1) is 9.22. The summed E-state index contributed by atoms with van der Waals surface area (Å²) in [7, 11) is 2.74. The molecule has 0 bridgehead atoms. The molecule has 1 aliphatic rings. The minimum atomic E-state index is 0.151. The van der Waals surface area contributed by atoms with Crippen LogP contribution < -0.4 is 0 Å². The minimum Gasteiger partial charge on any atom is -0.306 e. The minimum absolute atomic E-state index is 0.151. The highest BCUT2D eigenvalue weighted by Gasteiger charge is 2.23. The highest BCUT2D eigenvalue weighted by atomic mass is 32.1. The first kappa shape index (κ1) is 12.7. The van der Waals surface area contributed by atoms with E-state index in [1.54, 1.807) is 6.20 Å². The van der Waals surface area contributed by atoms with Crippen molar-refractivity contribution in [3.63, 3.8) is 0 Å². The van der Waals surface area contributed by atoms with Gasteiger partial charge in [0.15, 0.2) is 5.01 Å². The maximum Gasteiger partial charge on any atom is 0.218 e. The molecule has 0 atom stereocenters. The zero-order chi connectivity index (χ0) is 13.2. The summed E-state index contributed by atoms with van der Waals surface area (Å²) >= 11 is 1.37. The number of likely N-dealkylation sites (tertiary alicyclic amines) is 1. The van der Waals surface area contributed by atoms with Gasteiger partial charge in [0, 0.05) is 0 Å². The van der Waals surface area contributed by atoms with Crippen molar-refractivity contribution in [1.82, 2.24) is 19.9 Å². The van der Waals surface area contributed by atoms with Gasteiger partial charge in [-0.1, -0.05) is 17.2 Å². The Morgan fingerprint density at radius 3 is 3.00 bits per heavy atom. The summed E-state index contributed by atoms with van der Waals surface area (Å²) in [6.45, 7) is 2.17. The van der Waals surface area contributed by atoms with Crippen LogP contribution >= 0.6 is 11.3 Å². The van der Waals surface area contributed by atoms with E-state index >= 15 is 0 Å². The summed E-state index contributed by atoms with van der Waals surface area (Å²) in [5.74, 6) is 0.502. The third-order valence-electron chi connectivity index (χ3n) is 3.62. The van der Waals surface area contributed by atoms with Crippen molar-refractivity contribution in [3.8, 4) is 0 Å². The lowest BCUT2D eigenvalue weighted by atomic mass is 9.57. The third-order valence-corrected chi connectivity index (χ3v) is 4.64. The molecular weight excluding hydrogens is 259 g/mol. The number of fused-ring (bicyclic) bond motifs is 1. The maximum absolute atomic E-state index is 12.3. The Kier molecular flexibility index (Phi) is 3.57. The molecule has 1 aliphatic heterocycles. The Labute approximate surface area is 116 Å². The lowest BCUT2D eigenvalue weighted by Gasteiger charge is -2.27. The van der Waals surface area contributed by atoms with Crippen LogP contribution in [0.5, 0.6) is 0 Å². The molecule has 2 aromatic heterocycles. The van der Waals surface area contributed by atoms with Gasteiger partial charge in [0.25, 0.3) is 0 Å². The Morgan fingerprint density at radius 1 is 1.47 bits per heavy atom. The Bertz CT molecular complexity index is 561. The molecule has 3 heterocycles. The first-order valence-electron chi connectivity index (χ1n) is 6.50. The molecule has 1 saturated heterocycles. The van der Waals surface area contributed by atoms with Crippen molar-refractivity contribution >= 4 is 34.6 Å². The average molecular weight is 274 g/mol. The van der Waals surface area contributed by atoms with Gasteiger partial charge in [0.1, 0.15) is 22.4 Å². The van der Waals surface area contributed by atoms with Gasteiger partial charge in [0.05, 0.1) is 6.20 Å². The molecule has 98 valence electrons. The smallest absolute Gasteiger partial charge is 0.218 e. The van der Waals surface area contributed by atoms with Gasteiger partial charge in [-0.2, -0.15) is 0 Å². The fourth-order valence-electron chi connectivity index (χ4n) is 2.43. The average Bonchev–Trinajstić information content (AvgIpc) is 2.85. The van der Waals surface area contributed by atoms with Crippen LogP contribution in [0.3, 0.4) is 0 Å². The van der Waals surface area contributed by atoms with E-state index in [4.69, 9.17) is 0 Å². The van der Waals surface area contributed by atoms with Crippen LogP contribution in [0.25, 0.3) is 10.3 Å². The zero-order valence-electron chi connectivity index (χ0n) is 10.9. The van der Waals surface area contributed by atoms with Gasteiger partial charge < -0.3 is 9.69 Å². The summed E-state index contributed by atoms with van der Waals surface area (Å²) < 4.78 is 0. The second-order valence-electron chi connectivity index (χ2n) is 5.11. The number of hydrogen-bond acceptors (Lipinski definition) is 6. The van der Waals surface area contributed by atoms with Crippen LogP contribution in [0, 0.1) is 0 Å². The van der Waals surface area contributed by atoms with Crippen molar-refractivity contribution in [1.29, 1.82) is 0 Å². The third kappa shape index (κ3) is 2.82. The van der Waals surface area contributed by atoms with E-state index in [0.717, 1.165) is 36.3 Å². The molecule has 0 amide bonds. The number of thiazole rings is 1. The largest absolute Gasteiger partial charge is 0.306 e. The van der Waals surface area contributed by atoms with Crippen LogP contribution in [-0.4, -0.2) is 53.0 Å². The van der Waals surface area contributed by atoms with E-state index in [0.29, 0.717) is 18.1 Å². The fourth-order valence-corrected chi connectivity index (χ4v) is 3.25. The standard InChI is InChI=1S/C12H15BN4OS/c1-17-4-2-8(3-5-17)13-10(18)12-16-9-6-14-7-15-11(9)19-12/h6-8,13H,2-5H2,1H3. The topological polar surface area (TPSA) is 59.0 Å². The quantitative estimate of drug-likeness (QED) is 0.786. The molecule has 0 radical (unpaired) electrons. The highest BCUT2D eigenvalue weighted by molar-refractivity contribution is 7.21. The van der Waals surface area contributed by atoms with Crippen molar-refractivity contribution in [2.45, 2.75) is 18.7 Å². The molecule has 0 unspecified atom stereocenters. The van der Waals surface area contributed by atoms with Crippen molar-refractivity contribution in [3.05, 3.63) is 17.5 Å². The number of hydrogen-bond donors (Lipinski definition) is 0. The van der Waals surface area contributed by atoms with Crippen LogP contribution in [0.15, 0.2) is 12.5 Å². The monoisotopic (exact) mass is 274 g/mol. The van der Waals surface area contributed by atoms with Crippen LogP contribution in [0.1, 0.15) is 22.6 Å². The van der Waals surface area contributed by atoms with Gasteiger partial charge in [-0.05, 0) is 33.0 Å². The van der Waals surface area contributed by atoms with E-state index in [1.165, 1.54) is 17.7 Å². The van der Waals surface area contributed by atoms with E-state index in [1.807, 2.05) is 0 Å². The molecule has 0 spiro atoms. The van der Waals surface area contributed by atoms with E-state index in [-0.39, 0.29) is 5.68 Å². The highest BCUT2D eigenvalue weighted by Crippen LogP contribution is 2.24. The zero-order valence-corrected chi connectivity index (χ0v) is 11.7. The number of piperidine rings is 1. The van der Waals surface area contributed by atoms with Gasteiger partial charge >= 0.3 is 0 Å². The van der Waals surface area contributed by atoms with Crippen LogP contribution in [0.2, 0.25) is 5.82 Å². The van der Waals surface area contributed by atoms with Crippen LogP contribution in [0.4, 0.5) is 0 Å². The molecule has 0 saturated carbocycles. The van der Waals surface area contributed by atoms with Crippen molar-refractivity contribution in [2.75, 3.05) is 20.1 Å². The molecule has 0 aromatic carbocycles. The second kappa shape index (κ2) is 5.34. The Balaban J connectivity index is 1.70. The van der Waals surface area contributed by atoms with Gasteiger partial charge in [0.2, 0.25) is 7.28 Å². The number of carbonyl (C=O) groups excluding carboxylic acids is 1. The molecule has 1 fully saturated rings. The van der Waals surface area contributed by atoms with Crippen molar-refractivity contribution < 1.29 is 4.79 Å². The molecule has 3 rings (SSSR count). The molecule has 0 N–H and O–H groups in total. The summed E-state index contributed by atoms with van der Waals surface area (Å²) in [6, 6.07) is 0. The molecular formula is C12H15BN4OS. The number of rotatable bonds is 3. The number of carbonyl (C=O) groups is 1. The molecule has 7 heteroatoms. The van der Waals surface area contributed by atoms with Gasteiger partial charge in [-0.15, -0.1) is 0 Å². The first-order valence-corrected chi connectivity index (χ1v) is 7.32. The van der Waals surface area contributed by atoms with E-state index < -0.39 is 0 Å². The number of aromatic nitrogens is 3. The summed E-state index contributed by atoms with van der Waals surface area (Å²) in [5, 5.41) is 0.578. The molecule has 0 aliphatic carbocycles. The van der Waals surface area contributed by atoms with E-state index in [9.17, 15) is 4.79 Å². The predicted octanol–water partition coefficient (Wildman–Crippen LogP) is 1.18. The summed E-state index contributed by atoms with van der Waals surface area (Å²) in [5.41, 5.74) is 0.872. The summed E-state index contributed by atoms with van der Waals surface area (Å²) in [4.78, 5) is 27.7. The normalized spacial score (nSPS) is 17.7. The maximum atomic E-state index is 12.3. The van der Waals surface area contributed by atoms with E-state index in [2.05, 4.69) is 26.9 Å². The molecule has 19 heavy (non-hydrogen) atoms. The Morgan fingerprint density at radius 2 is 2.26 bits per heavy atom. The van der Waals surface area contributed by atoms with Crippen molar-refractivity contribution in [2.24, 2.45) is 0 Å². The fraction of sp³-hybridized carbons (Fsp3) is 0.500. The Hall–Kier alpha value is -1.34. The van der Waals surface area contributed by atoms with Gasteiger partial charge in [-0.25, -0.2) is 15.0 Å².